The maximum Gasteiger partial charge on any atom is 0.387 e. The lowest BCUT2D eigenvalue weighted by molar-refractivity contribution is -0.0498. The molecule has 6 nitrogen and oxygen atoms in total. The van der Waals surface area contributed by atoms with Gasteiger partial charge in [0.25, 0.3) is 0 Å². The molecular weight excluding hydrogens is 413 g/mol. The van der Waals surface area contributed by atoms with Gasteiger partial charge in [0.1, 0.15) is 11.6 Å². The van der Waals surface area contributed by atoms with Crippen molar-refractivity contribution >= 4 is 39.9 Å². The minimum absolute atomic E-state index is 0.0804. The highest BCUT2D eigenvalue weighted by atomic mass is 35.5. The molecule has 144 valence electrons. The van der Waals surface area contributed by atoms with E-state index in [2.05, 4.69) is 19.9 Å². The molecule has 0 fully saturated rings. The van der Waals surface area contributed by atoms with Crippen molar-refractivity contribution in [2.75, 3.05) is 7.11 Å². The quantitative estimate of drug-likeness (QED) is 0.452. The van der Waals surface area contributed by atoms with Gasteiger partial charge in [-0.15, -0.1) is 10.2 Å². The molecule has 0 aliphatic rings. The van der Waals surface area contributed by atoms with Gasteiger partial charge in [-0.3, -0.25) is 4.40 Å². The molecule has 0 bridgehead atoms. The second-order valence-corrected chi connectivity index (χ2v) is 6.72. The maximum atomic E-state index is 12.8. The third-order valence-corrected chi connectivity index (χ3v) is 4.71. The predicted octanol–water partition coefficient (Wildman–Crippen LogP) is 5.17. The summed E-state index contributed by atoms with van der Waals surface area (Å²) in [6.45, 7) is -1.23. The van der Waals surface area contributed by atoms with Gasteiger partial charge < -0.3 is 9.47 Å². The molecule has 0 amide bonds. The Morgan fingerprint density at radius 3 is 2.61 bits per heavy atom. The molecule has 0 atom stereocenters. The van der Waals surface area contributed by atoms with Crippen molar-refractivity contribution in [3.8, 4) is 22.9 Å². The van der Waals surface area contributed by atoms with E-state index in [0.717, 1.165) is 0 Å². The Hall–Kier alpha value is -2.71. The van der Waals surface area contributed by atoms with E-state index in [1.165, 1.54) is 19.2 Å². The number of halogens is 4. The average Bonchev–Trinajstić information content (AvgIpc) is 2.99. The first kappa shape index (κ1) is 18.6. The van der Waals surface area contributed by atoms with Gasteiger partial charge in [0.05, 0.1) is 23.3 Å². The summed E-state index contributed by atoms with van der Waals surface area (Å²) in [7, 11) is 1.40. The van der Waals surface area contributed by atoms with Gasteiger partial charge in [0, 0.05) is 22.7 Å². The molecule has 2 heterocycles. The molecule has 0 unspecified atom stereocenters. The largest absolute Gasteiger partial charge is 0.494 e. The van der Waals surface area contributed by atoms with Crippen LogP contribution in [0.2, 0.25) is 10.0 Å². The topological polar surface area (TPSA) is 61.5 Å². The smallest absolute Gasteiger partial charge is 0.387 e. The van der Waals surface area contributed by atoms with Crippen LogP contribution in [0.3, 0.4) is 0 Å². The normalized spacial score (nSPS) is 11.5. The fourth-order valence-electron chi connectivity index (χ4n) is 2.98. The van der Waals surface area contributed by atoms with Crippen LogP contribution in [-0.4, -0.2) is 33.3 Å². The SMILES string of the molecule is COc1cc(OC(F)F)cc2c1nnc1c(C)nc(-c3cc(Cl)ccc3Cl)n12. The van der Waals surface area contributed by atoms with Crippen LogP contribution in [-0.2, 0) is 0 Å². The predicted molar refractivity (Wildman–Crippen MR) is 102 cm³/mol. The zero-order chi connectivity index (χ0) is 20.0. The Morgan fingerprint density at radius 2 is 1.89 bits per heavy atom. The van der Waals surface area contributed by atoms with E-state index >= 15 is 0 Å². The summed E-state index contributed by atoms with van der Waals surface area (Å²) in [5, 5.41) is 9.28. The zero-order valence-corrected chi connectivity index (χ0v) is 16.1. The van der Waals surface area contributed by atoms with Gasteiger partial charge in [0.2, 0.25) is 0 Å². The number of nitrogens with zero attached hydrogens (tertiary/aromatic N) is 4. The molecule has 0 aliphatic carbocycles. The highest BCUT2D eigenvalue weighted by molar-refractivity contribution is 6.35. The standard InChI is InChI=1S/C18H12Cl2F2N4O2/c1-8-16-25-24-15-13(6-10(28-18(21)22)7-14(15)27-2)26(16)17(23-8)11-5-9(19)3-4-12(11)20/h3-7,18H,1-2H3. The van der Waals surface area contributed by atoms with Crippen LogP contribution in [0.4, 0.5) is 8.78 Å². The van der Waals surface area contributed by atoms with Crippen molar-refractivity contribution in [3.05, 3.63) is 46.1 Å². The van der Waals surface area contributed by atoms with E-state index < -0.39 is 6.61 Å². The number of ether oxygens (including phenoxy) is 2. The monoisotopic (exact) mass is 424 g/mol. The molecule has 4 aromatic rings. The van der Waals surface area contributed by atoms with E-state index in [1.807, 2.05) is 0 Å². The number of rotatable bonds is 4. The molecule has 2 aromatic heterocycles. The molecule has 0 saturated heterocycles. The van der Waals surface area contributed by atoms with Crippen LogP contribution in [0, 0.1) is 6.92 Å². The molecular formula is C18H12Cl2F2N4O2. The Morgan fingerprint density at radius 1 is 1.11 bits per heavy atom. The molecule has 4 rings (SSSR count). The van der Waals surface area contributed by atoms with Crippen molar-refractivity contribution < 1.29 is 18.3 Å². The molecule has 0 saturated carbocycles. The Labute approximate surface area is 167 Å². The highest BCUT2D eigenvalue weighted by Crippen LogP contribution is 2.35. The molecule has 0 spiro atoms. The van der Waals surface area contributed by atoms with Gasteiger partial charge in [0.15, 0.2) is 16.9 Å². The van der Waals surface area contributed by atoms with Gasteiger partial charge in [-0.25, -0.2) is 4.98 Å². The molecule has 28 heavy (non-hydrogen) atoms. The molecule has 0 radical (unpaired) electrons. The summed E-state index contributed by atoms with van der Waals surface area (Å²) in [6.07, 6.45) is 0. The van der Waals surface area contributed by atoms with Crippen LogP contribution >= 0.6 is 23.2 Å². The minimum atomic E-state index is -2.99. The van der Waals surface area contributed by atoms with Crippen molar-refractivity contribution in [2.45, 2.75) is 13.5 Å². The lowest BCUT2D eigenvalue weighted by Gasteiger charge is -2.12. The summed E-state index contributed by atoms with van der Waals surface area (Å²) in [5.41, 5.74) is 2.36. The van der Waals surface area contributed by atoms with Crippen molar-refractivity contribution in [2.24, 2.45) is 0 Å². The fraction of sp³-hybridized carbons (Fsp3) is 0.167. The number of aromatic nitrogens is 4. The lowest BCUT2D eigenvalue weighted by atomic mass is 10.2. The third kappa shape index (κ3) is 3.08. The Kier molecular flexibility index (Phi) is 4.68. The van der Waals surface area contributed by atoms with Crippen LogP contribution < -0.4 is 9.47 Å². The average molecular weight is 425 g/mol. The lowest BCUT2D eigenvalue weighted by Crippen LogP contribution is -2.04. The van der Waals surface area contributed by atoms with Gasteiger partial charge in [-0.2, -0.15) is 8.78 Å². The van der Waals surface area contributed by atoms with E-state index in [1.54, 1.807) is 29.5 Å². The Bertz CT molecular complexity index is 1210. The van der Waals surface area contributed by atoms with E-state index in [0.29, 0.717) is 43.8 Å². The minimum Gasteiger partial charge on any atom is -0.494 e. The molecule has 10 heteroatoms. The number of benzene rings is 2. The number of aryl methyl sites for hydroxylation is 1. The van der Waals surface area contributed by atoms with Crippen molar-refractivity contribution in [1.82, 2.24) is 19.6 Å². The maximum absolute atomic E-state index is 12.8. The Balaban J connectivity index is 2.12. The number of methoxy groups -OCH3 is 1. The summed E-state index contributed by atoms with van der Waals surface area (Å²) >= 11 is 12.5. The number of imidazole rings is 1. The number of alkyl halides is 2. The van der Waals surface area contributed by atoms with Gasteiger partial charge in [-0.05, 0) is 25.1 Å². The summed E-state index contributed by atoms with van der Waals surface area (Å²) in [4.78, 5) is 4.55. The fourth-order valence-corrected chi connectivity index (χ4v) is 3.35. The van der Waals surface area contributed by atoms with E-state index in [9.17, 15) is 8.78 Å². The zero-order valence-electron chi connectivity index (χ0n) is 14.6. The third-order valence-electron chi connectivity index (χ3n) is 4.15. The summed E-state index contributed by atoms with van der Waals surface area (Å²) < 4.78 is 37.1. The molecule has 0 N–H and O–H groups in total. The van der Waals surface area contributed by atoms with Crippen molar-refractivity contribution in [3.63, 3.8) is 0 Å². The summed E-state index contributed by atoms with van der Waals surface area (Å²) in [5.74, 6) is 0.594. The van der Waals surface area contributed by atoms with Gasteiger partial charge in [-0.1, -0.05) is 23.2 Å². The number of fused-ring (bicyclic) bond motifs is 3. The highest BCUT2D eigenvalue weighted by Gasteiger charge is 2.20. The second kappa shape index (κ2) is 7.03. The number of hydrogen-bond acceptors (Lipinski definition) is 5. The van der Waals surface area contributed by atoms with E-state index in [4.69, 9.17) is 27.9 Å². The summed E-state index contributed by atoms with van der Waals surface area (Å²) in [6, 6.07) is 7.73. The first-order valence-electron chi connectivity index (χ1n) is 8.02. The first-order valence-corrected chi connectivity index (χ1v) is 8.78. The molecule has 0 aliphatic heterocycles. The van der Waals surface area contributed by atoms with Crippen molar-refractivity contribution in [1.29, 1.82) is 0 Å². The van der Waals surface area contributed by atoms with E-state index in [-0.39, 0.29) is 11.5 Å². The van der Waals surface area contributed by atoms with Crippen LogP contribution in [0.15, 0.2) is 30.3 Å². The molecule has 2 aromatic carbocycles. The number of hydrogen-bond donors (Lipinski definition) is 0. The second-order valence-electron chi connectivity index (χ2n) is 5.88. The van der Waals surface area contributed by atoms with Crippen LogP contribution in [0.1, 0.15) is 5.69 Å². The van der Waals surface area contributed by atoms with Crippen LogP contribution in [0.5, 0.6) is 11.5 Å². The van der Waals surface area contributed by atoms with Gasteiger partial charge >= 0.3 is 6.61 Å². The first-order chi connectivity index (χ1) is 13.4. The van der Waals surface area contributed by atoms with Crippen LogP contribution in [0.25, 0.3) is 28.1 Å².